The summed E-state index contributed by atoms with van der Waals surface area (Å²) >= 11 is 5.93. The van der Waals surface area contributed by atoms with E-state index in [-0.39, 0.29) is 5.56 Å². The quantitative estimate of drug-likeness (QED) is 0.783. The van der Waals surface area contributed by atoms with Gasteiger partial charge >= 0.3 is 5.97 Å². The van der Waals surface area contributed by atoms with Crippen molar-refractivity contribution in [2.24, 2.45) is 0 Å². The first kappa shape index (κ1) is 9.02. The van der Waals surface area contributed by atoms with Gasteiger partial charge in [0.25, 0.3) is 0 Å². The topological polar surface area (TPSA) is 54.6 Å². The molecular weight excluding hydrogens is 204 g/mol. The van der Waals surface area contributed by atoms with E-state index < -0.39 is 5.97 Å². The van der Waals surface area contributed by atoms with E-state index in [0.29, 0.717) is 16.1 Å². The minimum atomic E-state index is -0.968. The first-order valence-corrected chi connectivity index (χ1v) is 4.35. The minimum Gasteiger partial charge on any atom is -0.478 e. The number of aromatic carboxylic acids is 1. The fourth-order valence-electron chi connectivity index (χ4n) is 1.43. The van der Waals surface area contributed by atoms with E-state index >= 15 is 0 Å². The second kappa shape index (κ2) is 2.99. The van der Waals surface area contributed by atoms with Gasteiger partial charge in [0.2, 0.25) is 0 Å². The zero-order valence-corrected chi connectivity index (χ0v) is 8.12. The van der Waals surface area contributed by atoms with Crippen LogP contribution in [0.3, 0.4) is 0 Å². The van der Waals surface area contributed by atoms with Gasteiger partial charge in [0.05, 0.1) is 16.1 Å². The van der Waals surface area contributed by atoms with Crippen LogP contribution in [-0.4, -0.2) is 20.7 Å². The van der Waals surface area contributed by atoms with Crippen molar-refractivity contribution < 1.29 is 9.90 Å². The monoisotopic (exact) mass is 210 g/mol. The summed E-state index contributed by atoms with van der Waals surface area (Å²) in [6.45, 7) is 1.71. The van der Waals surface area contributed by atoms with Crippen LogP contribution in [0.4, 0.5) is 0 Å². The molecule has 2 aromatic rings. The third-order valence-corrected chi connectivity index (χ3v) is 2.41. The van der Waals surface area contributed by atoms with Gasteiger partial charge in [0, 0.05) is 12.4 Å². The van der Waals surface area contributed by atoms with Crippen LogP contribution in [0, 0.1) is 6.92 Å². The van der Waals surface area contributed by atoms with Gasteiger partial charge in [0.15, 0.2) is 0 Å². The number of carbonyl (C=O) groups is 1. The van der Waals surface area contributed by atoms with E-state index in [1.54, 1.807) is 13.0 Å². The molecule has 0 aromatic carbocycles. The molecule has 2 rings (SSSR count). The van der Waals surface area contributed by atoms with Gasteiger partial charge in [-0.2, -0.15) is 5.10 Å². The lowest BCUT2D eigenvalue weighted by Crippen LogP contribution is -1.95. The normalized spacial score (nSPS) is 10.7. The van der Waals surface area contributed by atoms with Gasteiger partial charge in [-0.15, -0.1) is 0 Å². The van der Waals surface area contributed by atoms with Crippen molar-refractivity contribution in [1.82, 2.24) is 9.61 Å². The molecule has 1 N–H and O–H groups in total. The maximum Gasteiger partial charge on any atom is 0.337 e. The lowest BCUT2D eigenvalue weighted by molar-refractivity contribution is 0.0696. The molecule has 0 aliphatic rings. The molecule has 0 aliphatic carbocycles. The predicted octanol–water partition coefficient (Wildman–Crippen LogP) is 1.99. The molecule has 0 saturated carbocycles. The van der Waals surface area contributed by atoms with Gasteiger partial charge < -0.3 is 5.11 Å². The van der Waals surface area contributed by atoms with Crippen molar-refractivity contribution >= 4 is 23.1 Å². The predicted molar refractivity (Wildman–Crippen MR) is 51.9 cm³/mol. The fraction of sp³-hybridized carbons (Fsp3) is 0.111. The molecule has 0 atom stereocenters. The van der Waals surface area contributed by atoms with E-state index in [1.807, 2.05) is 0 Å². The van der Waals surface area contributed by atoms with Crippen LogP contribution in [0.1, 0.15) is 15.9 Å². The number of carboxylic acid groups (broad SMARTS) is 1. The Morgan fingerprint density at radius 3 is 2.93 bits per heavy atom. The van der Waals surface area contributed by atoms with Crippen LogP contribution >= 0.6 is 11.6 Å². The molecule has 2 heterocycles. The average Bonchev–Trinajstić information content (AvgIpc) is 2.45. The highest BCUT2D eigenvalue weighted by molar-refractivity contribution is 6.34. The van der Waals surface area contributed by atoms with Gasteiger partial charge in [-0.05, 0) is 18.6 Å². The third-order valence-electron chi connectivity index (χ3n) is 2.11. The van der Waals surface area contributed by atoms with Gasteiger partial charge in [0.1, 0.15) is 0 Å². The first-order valence-electron chi connectivity index (χ1n) is 3.97. The number of nitrogens with zero attached hydrogens (tertiary/aromatic N) is 2. The Morgan fingerprint density at radius 2 is 2.36 bits per heavy atom. The van der Waals surface area contributed by atoms with E-state index in [2.05, 4.69) is 5.10 Å². The van der Waals surface area contributed by atoms with Crippen molar-refractivity contribution in [3.8, 4) is 0 Å². The smallest absolute Gasteiger partial charge is 0.337 e. The van der Waals surface area contributed by atoms with E-state index in [9.17, 15) is 4.79 Å². The molecular formula is C9H7ClN2O2. The molecule has 2 aromatic heterocycles. The SMILES string of the molecule is Cc1c(C(=O)O)cn2nccc(Cl)c12. The number of halogens is 1. The maximum absolute atomic E-state index is 10.8. The van der Waals surface area contributed by atoms with Gasteiger partial charge in [-0.3, -0.25) is 0 Å². The van der Waals surface area contributed by atoms with Crippen molar-refractivity contribution in [1.29, 1.82) is 0 Å². The van der Waals surface area contributed by atoms with Crippen molar-refractivity contribution in [3.05, 3.63) is 34.6 Å². The van der Waals surface area contributed by atoms with E-state index in [4.69, 9.17) is 16.7 Å². The number of fused-ring (bicyclic) bond motifs is 1. The van der Waals surface area contributed by atoms with E-state index in [1.165, 1.54) is 16.9 Å². The number of hydrogen-bond donors (Lipinski definition) is 1. The van der Waals surface area contributed by atoms with Gasteiger partial charge in [-0.1, -0.05) is 11.6 Å². The third kappa shape index (κ3) is 1.15. The minimum absolute atomic E-state index is 0.227. The summed E-state index contributed by atoms with van der Waals surface area (Å²) in [5, 5.41) is 13.4. The Balaban J connectivity index is 2.87. The van der Waals surface area contributed by atoms with Gasteiger partial charge in [-0.25, -0.2) is 9.31 Å². The Labute approximate surface area is 84.7 Å². The number of rotatable bonds is 1. The molecule has 14 heavy (non-hydrogen) atoms. The molecule has 0 spiro atoms. The summed E-state index contributed by atoms with van der Waals surface area (Å²) < 4.78 is 1.47. The number of carboxylic acids is 1. The summed E-state index contributed by atoms with van der Waals surface area (Å²) in [5.74, 6) is -0.968. The molecule has 5 heteroatoms. The summed E-state index contributed by atoms with van der Waals surface area (Å²) in [6.07, 6.45) is 2.99. The standard InChI is InChI=1S/C9H7ClN2O2/c1-5-6(9(13)14)4-12-8(5)7(10)2-3-11-12/h2-4H,1H3,(H,13,14). The molecule has 0 unspecified atom stereocenters. The average molecular weight is 211 g/mol. The molecule has 0 aliphatic heterocycles. The first-order chi connectivity index (χ1) is 6.61. The summed E-state index contributed by atoms with van der Waals surface area (Å²) in [7, 11) is 0. The Bertz CT molecular complexity index is 519. The van der Waals surface area contributed by atoms with Crippen molar-refractivity contribution in [3.63, 3.8) is 0 Å². The molecule has 0 radical (unpaired) electrons. The van der Waals surface area contributed by atoms with Crippen LogP contribution in [0.15, 0.2) is 18.5 Å². The zero-order chi connectivity index (χ0) is 10.3. The van der Waals surface area contributed by atoms with Crippen LogP contribution < -0.4 is 0 Å². The lowest BCUT2D eigenvalue weighted by Gasteiger charge is -1.96. The highest BCUT2D eigenvalue weighted by Crippen LogP contribution is 2.23. The summed E-state index contributed by atoms with van der Waals surface area (Å²) in [6, 6.07) is 1.63. The highest BCUT2D eigenvalue weighted by atomic mass is 35.5. The van der Waals surface area contributed by atoms with Crippen LogP contribution in [0.5, 0.6) is 0 Å². The van der Waals surface area contributed by atoms with E-state index in [0.717, 1.165) is 0 Å². The maximum atomic E-state index is 10.8. The van der Waals surface area contributed by atoms with Crippen LogP contribution in [0.25, 0.3) is 5.52 Å². The molecule has 0 saturated heterocycles. The molecule has 72 valence electrons. The highest BCUT2D eigenvalue weighted by Gasteiger charge is 2.14. The number of aromatic nitrogens is 2. The largest absolute Gasteiger partial charge is 0.478 e. The Kier molecular flexibility index (Phi) is 1.93. The lowest BCUT2D eigenvalue weighted by atomic mass is 10.2. The second-order valence-corrected chi connectivity index (χ2v) is 3.35. The summed E-state index contributed by atoms with van der Waals surface area (Å²) in [5.41, 5.74) is 1.51. The fourth-order valence-corrected chi connectivity index (χ4v) is 1.71. The molecule has 4 nitrogen and oxygen atoms in total. The second-order valence-electron chi connectivity index (χ2n) is 2.95. The summed E-state index contributed by atoms with van der Waals surface area (Å²) in [4.78, 5) is 10.8. The zero-order valence-electron chi connectivity index (χ0n) is 7.36. The molecule has 0 amide bonds. The number of hydrogen-bond acceptors (Lipinski definition) is 2. The van der Waals surface area contributed by atoms with Crippen LogP contribution in [-0.2, 0) is 0 Å². The Morgan fingerprint density at radius 1 is 1.64 bits per heavy atom. The molecule has 0 bridgehead atoms. The number of aryl methyl sites for hydroxylation is 1. The van der Waals surface area contributed by atoms with Crippen molar-refractivity contribution in [2.45, 2.75) is 6.92 Å². The Hall–Kier alpha value is -1.55. The van der Waals surface area contributed by atoms with Crippen molar-refractivity contribution in [2.75, 3.05) is 0 Å². The van der Waals surface area contributed by atoms with Crippen LogP contribution in [0.2, 0.25) is 5.02 Å². The molecule has 0 fully saturated rings.